The van der Waals surface area contributed by atoms with Gasteiger partial charge < -0.3 is 16.0 Å². The molecule has 0 radical (unpaired) electrons. The van der Waals surface area contributed by atoms with E-state index in [4.69, 9.17) is 0 Å². The minimum absolute atomic E-state index is 0.0634. The second-order valence-corrected chi connectivity index (χ2v) is 7.76. The molecule has 0 heterocycles. The van der Waals surface area contributed by atoms with Crippen LogP contribution in [0.5, 0.6) is 0 Å². The van der Waals surface area contributed by atoms with Crippen molar-refractivity contribution >= 4 is 23.4 Å². The van der Waals surface area contributed by atoms with Gasteiger partial charge in [-0.05, 0) is 55.7 Å². The topological polar surface area (TPSA) is 87.3 Å². The zero-order valence-corrected chi connectivity index (χ0v) is 17.4. The van der Waals surface area contributed by atoms with Gasteiger partial charge in [0, 0.05) is 35.8 Å². The minimum Gasteiger partial charge on any atom is -0.352 e. The first-order valence-corrected chi connectivity index (χ1v) is 10.6. The number of amides is 3. The summed E-state index contributed by atoms with van der Waals surface area (Å²) in [7, 11) is 0. The second-order valence-electron chi connectivity index (χ2n) is 7.76. The standard InChI is InChI=1S/C24H29N3O3/c1-17-16-19(24(30)26-20-10-6-3-7-11-20)12-13-21(17)27-22(28)14-15-25-23(29)18-8-4-2-5-9-18/h2,4-5,8-9,12-13,16,20H,3,6-7,10-11,14-15H2,1H3,(H,25,29)(H,26,30)(H,27,28). The molecular formula is C24H29N3O3. The summed E-state index contributed by atoms with van der Waals surface area (Å²) in [4.78, 5) is 36.7. The van der Waals surface area contributed by atoms with Crippen LogP contribution in [-0.4, -0.2) is 30.3 Å². The number of hydrogen-bond acceptors (Lipinski definition) is 3. The number of hydrogen-bond donors (Lipinski definition) is 3. The van der Waals surface area contributed by atoms with Gasteiger partial charge in [0.15, 0.2) is 0 Å². The summed E-state index contributed by atoms with van der Waals surface area (Å²) in [5.41, 5.74) is 2.67. The Hall–Kier alpha value is -3.15. The Bertz CT molecular complexity index is 890. The van der Waals surface area contributed by atoms with Crippen molar-refractivity contribution in [2.45, 2.75) is 51.5 Å². The second kappa shape index (κ2) is 10.6. The normalized spacial score (nSPS) is 14.0. The molecule has 0 spiro atoms. The van der Waals surface area contributed by atoms with Gasteiger partial charge in [-0.2, -0.15) is 0 Å². The van der Waals surface area contributed by atoms with Gasteiger partial charge in [-0.3, -0.25) is 14.4 Å². The molecule has 0 bridgehead atoms. The molecule has 3 N–H and O–H groups in total. The Morgan fingerprint density at radius 2 is 1.63 bits per heavy atom. The van der Waals surface area contributed by atoms with E-state index >= 15 is 0 Å². The summed E-state index contributed by atoms with van der Waals surface area (Å²) < 4.78 is 0. The van der Waals surface area contributed by atoms with Gasteiger partial charge in [-0.15, -0.1) is 0 Å². The molecule has 1 aliphatic rings. The Kier molecular flexibility index (Phi) is 7.60. The molecule has 30 heavy (non-hydrogen) atoms. The molecular weight excluding hydrogens is 378 g/mol. The molecule has 0 unspecified atom stereocenters. The Balaban J connectivity index is 1.47. The van der Waals surface area contributed by atoms with E-state index in [-0.39, 0.29) is 36.7 Å². The summed E-state index contributed by atoms with van der Waals surface area (Å²) >= 11 is 0. The smallest absolute Gasteiger partial charge is 0.251 e. The number of rotatable bonds is 7. The van der Waals surface area contributed by atoms with Crippen LogP contribution in [0.4, 0.5) is 5.69 Å². The fourth-order valence-corrected chi connectivity index (χ4v) is 3.65. The van der Waals surface area contributed by atoms with E-state index in [0.29, 0.717) is 16.8 Å². The van der Waals surface area contributed by atoms with Crippen LogP contribution in [0.25, 0.3) is 0 Å². The summed E-state index contributed by atoms with van der Waals surface area (Å²) in [6.45, 7) is 2.12. The van der Waals surface area contributed by atoms with Crippen LogP contribution in [0.15, 0.2) is 48.5 Å². The highest BCUT2D eigenvalue weighted by atomic mass is 16.2. The summed E-state index contributed by atoms with van der Waals surface area (Å²) in [6.07, 6.45) is 5.83. The zero-order chi connectivity index (χ0) is 21.3. The molecule has 0 aliphatic heterocycles. The maximum absolute atomic E-state index is 12.5. The molecule has 0 aromatic heterocycles. The summed E-state index contributed by atoms with van der Waals surface area (Å²) in [5.74, 6) is -0.453. The van der Waals surface area contributed by atoms with Crippen molar-refractivity contribution in [1.29, 1.82) is 0 Å². The van der Waals surface area contributed by atoms with E-state index in [9.17, 15) is 14.4 Å². The molecule has 0 atom stereocenters. The maximum atomic E-state index is 12.5. The molecule has 1 saturated carbocycles. The zero-order valence-electron chi connectivity index (χ0n) is 17.4. The third-order valence-electron chi connectivity index (χ3n) is 5.38. The first kappa shape index (κ1) is 21.6. The first-order chi connectivity index (χ1) is 14.5. The number of benzene rings is 2. The highest BCUT2D eigenvalue weighted by molar-refractivity contribution is 5.97. The van der Waals surface area contributed by atoms with E-state index in [0.717, 1.165) is 18.4 Å². The van der Waals surface area contributed by atoms with Crippen molar-refractivity contribution in [3.63, 3.8) is 0 Å². The summed E-state index contributed by atoms with van der Waals surface area (Å²) in [6, 6.07) is 14.4. The minimum atomic E-state index is -0.201. The van der Waals surface area contributed by atoms with Crippen LogP contribution < -0.4 is 16.0 Å². The lowest BCUT2D eigenvalue weighted by molar-refractivity contribution is -0.116. The van der Waals surface area contributed by atoms with Crippen molar-refractivity contribution in [1.82, 2.24) is 10.6 Å². The van der Waals surface area contributed by atoms with Crippen LogP contribution in [0.3, 0.4) is 0 Å². The number of carbonyl (C=O) groups is 3. The van der Waals surface area contributed by atoms with E-state index in [1.807, 2.05) is 13.0 Å². The number of carbonyl (C=O) groups excluding carboxylic acids is 3. The first-order valence-electron chi connectivity index (χ1n) is 10.6. The third kappa shape index (κ3) is 6.17. The van der Waals surface area contributed by atoms with Crippen LogP contribution in [0, 0.1) is 6.92 Å². The third-order valence-corrected chi connectivity index (χ3v) is 5.38. The molecule has 6 nitrogen and oxygen atoms in total. The molecule has 1 aliphatic carbocycles. The van der Waals surface area contributed by atoms with Gasteiger partial charge in [0.2, 0.25) is 5.91 Å². The SMILES string of the molecule is Cc1cc(C(=O)NC2CCCCC2)ccc1NC(=O)CCNC(=O)c1ccccc1. The lowest BCUT2D eigenvalue weighted by Crippen LogP contribution is -2.36. The fourth-order valence-electron chi connectivity index (χ4n) is 3.65. The van der Waals surface area contributed by atoms with Gasteiger partial charge >= 0.3 is 0 Å². The van der Waals surface area contributed by atoms with E-state index < -0.39 is 0 Å². The maximum Gasteiger partial charge on any atom is 0.251 e. The largest absolute Gasteiger partial charge is 0.352 e. The number of nitrogens with one attached hydrogen (secondary N) is 3. The Morgan fingerprint density at radius 3 is 2.33 bits per heavy atom. The van der Waals surface area contributed by atoms with Crippen LogP contribution >= 0.6 is 0 Å². The molecule has 6 heteroatoms. The molecule has 0 saturated heterocycles. The van der Waals surface area contributed by atoms with Crippen molar-refractivity contribution in [3.05, 3.63) is 65.2 Å². The Morgan fingerprint density at radius 1 is 0.900 bits per heavy atom. The van der Waals surface area contributed by atoms with Gasteiger partial charge in [-0.25, -0.2) is 0 Å². The average Bonchev–Trinajstić information content (AvgIpc) is 2.76. The average molecular weight is 408 g/mol. The number of anilines is 1. The lowest BCUT2D eigenvalue weighted by atomic mass is 9.95. The van der Waals surface area contributed by atoms with Gasteiger partial charge in [0.25, 0.3) is 11.8 Å². The molecule has 3 amide bonds. The monoisotopic (exact) mass is 407 g/mol. The van der Waals surface area contributed by atoms with E-state index in [1.54, 1.807) is 42.5 Å². The fraction of sp³-hybridized carbons (Fsp3) is 0.375. The van der Waals surface area contributed by atoms with Crippen molar-refractivity contribution < 1.29 is 14.4 Å². The predicted octanol–water partition coefficient (Wildman–Crippen LogP) is 3.82. The lowest BCUT2D eigenvalue weighted by Gasteiger charge is -2.23. The molecule has 2 aromatic rings. The predicted molar refractivity (Wildman–Crippen MR) is 118 cm³/mol. The highest BCUT2D eigenvalue weighted by Gasteiger charge is 2.17. The Labute approximate surface area is 177 Å². The summed E-state index contributed by atoms with van der Waals surface area (Å²) in [5, 5.41) is 8.70. The van der Waals surface area contributed by atoms with Crippen LogP contribution in [-0.2, 0) is 4.79 Å². The van der Waals surface area contributed by atoms with Crippen molar-refractivity contribution in [3.8, 4) is 0 Å². The molecule has 3 rings (SSSR count). The van der Waals surface area contributed by atoms with Gasteiger partial charge in [0.05, 0.1) is 0 Å². The van der Waals surface area contributed by atoms with Crippen LogP contribution in [0.1, 0.15) is 64.8 Å². The van der Waals surface area contributed by atoms with Gasteiger partial charge in [0.1, 0.15) is 0 Å². The van der Waals surface area contributed by atoms with E-state index in [2.05, 4.69) is 16.0 Å². The highest BCUT2D eigenvalue weighted by Crippen LogP contribution is 2.20. The molecule has 1 fully saturated rings. The van der Waals surface area contributed by atoms with Crippen molar-refractivity contribution in [2.24, 2.45) is 0 Å². The van der Waals surface area contributed by atoms with Crippen molar-refractivity contribution in [2.75, 3.05) is 11.9 Å². The molecule has 158 valence electrons. The number of aryl methyl sites for hydroxylation is 1. The van der Waals surface area contributed by atoms with Gasteiger partial charge in [-0.1, -0.05) is 37.5 Å². The van der Waals surface area contributed by atoms with Crippen LogP contribution in [0.2, 0.25) is 0 Å². The molecule has 2 aromatic carbocycles. The van der Waals surface area contributed by atoms with E-state index in [1.165, 1.54) is 19.3 Å². The quantitative estimate of drug-likeness (QED) is 0.652.